The number of rotatable bonds is 6. The highest BCUT2D eigenvalue weighted by molar-refractivity contribution is 5.76. The first-order chi connectivity index (χ1) is 22.3. The highest BCUT2D eigenvalue weighted by atomic mass is 16.3. The van der Waals surface area contributed by atoms with Gasteiger partial charge in [0.2, 0.25) is 5.89 Å². The molecule has 6 heterocycles. The van der Waals surface area contributed by atoms with Crippen molar-refractivity contribution in [3.05, 3.63) is 134 Å². The summed E-state index contributed by atoms with van der Waals surface area (Å²) >= 11 is 0. The van der Waals surface area contributed by atoms with Crippen molar-refractivity contribution in [2.24, 2.45) is 0 Å². The molecule has 9 heteroatoms. The molecular weight excluding hydrogens is 560 g/mol. The van der Waals surface area contributed by atoms with E-state index in [2.05, 4.69) is 24.9 Å². The molecule has 2 aromatic carbocycles. The number of nitrogens with zero attached hydrogens (tertiary/aromatic N) is 8. The second-order valence-electron chi connectivity index (χ2n) is 10.2. The van der Waals surface area contributed by atoms with Crippen molar-refractivity contribution in [1.29, 1.82) is 0 Å². The zero-order valence-electron chi connectivity index (χ0n) is 23.7. The van der Waals surface area contributed by atoms with Gasteiger partial charge in [-0.3, -0.25) is 19.9 Å². The Morgan fingerprint density at radius 3 is 1.38 bits per heavy atom. The van der Waals surface area contributed by atoms with Crippen molar-refractivity contribution in [2.45, 2.75) is 0 Å². The number of para-hydroxylation sites is 2. The van der Waals surface area contributed by atoms with Crippen LogP contribution in [0.25, 0.3) is 79.5 Å². The summed E-state index contributed by atoms with van der Waals surface area (Å²) in [7, 11) is 0. The molecule has 0 bridgehead atoms. The average Bonchev–Trinajstić information content (AvgIpc) is 3.57. The number of fused-ring (bicyclic) bond motifs is 1. The third kappa shape index (κ3) is 5.30. The van der Waals surface area contributed by atoms with Crippen LogP contribution < -0.4 is 0 Å². The minimum absolute atomic E-state index is 0.493. The number of oxazole rings is 1. The topological polar surface area (TPSA) is 116 Å². The summed E-state index contributed by atoms with van der Waals surface area (Å²) in [6, 6.07) is 34.7. The van der Waals surface area contributed by atoms with Crippen LogP contribution in [-0.4, -0.2) is 39.9 Å². The molecule has 0 unspecified atom stereocenters. The number of hydrogen-bond acceptors (Lipinski definition) is 9. The van der Waals surface area contributed by atoms with E-state index in [1.807, 2.05) is 109 Å². The van der Waals surface area contributed by atoms with Crippen molar-refractivity contribution < 1.29 is 4.42 Å². The normalized spacial score (nSPS) is 11.1. The molecule has 212 valence electrons. The third-order valence-electron chi connectivity index (χ3n) is 7.22. The van der Waals surface area contributed by atoms with E-state index in [4.69, 9.17) is 19.4 Å². The average molecular weight is 583 g/mol. The van der Waals surface area contributed by atoms with Crippen molar-refractivity contribution in [3.63, 3.8) is 0 Å². The molecule has 8 aromatic rings. The highest BCUT2D eigenvalue weighted by Crippen LogP contribution is 2.29. The maximum absolute atomic E-state index is 5.96. The summed E-state index contributed by atoms with van der Waals surface area (Å²) in [5, 5.41) is 0. The van der Waals surface area contributed by atoms with Crippen LogP contribution in [0.4, 0.5) is 0 Å². The molecule has 0 N–H and O–H groups in total. The van der Waals surface area contributed by atoms with Gasteiger partial charge in [0.15, 0.2) is 23.1 Å². The molecule has 0 fully saturated rings. The summed E-state index contributed by atoms with van der Waals surface area (Å²) < 4.78 is 5.96. The van der Waals surface area contributed by atoms with Crippen LogP contribution in [0.2, 0.25) is 0 Å². The Morgan fingerprint density at radius 1 is 0.378 bits per heavy atom. The predicted molar refractivity (Wildman–Crippen MR) is 171 cm³/mol. The van der Waals surface area contributed by atoms with Crippen molar-refractivity contribution in [1.82, 2.24) is 39.9 Å². The van der Waals surface area contributed by atoms with Crippen LogP contribution in [0.5, 0.6) is 0 Å². The number of aromatic nitrogens is 8. The van der Waals surface area contributed by atoms with E-state index in [9.17, 15) is 0 Å². The van der Waals surface area contributed by atoms with E-state index >= 15 is 0 Å². The fourth-order valence-corrected chi connectivity index (χ4v) is 4.90. The minimum atomic E-state index is 0.493. The van der Waals surface area contributed by atoms with Crippen LogP contribution in [0, 0.1) is 0 Å². The lowest BCUT2D eigenvalue weighted by Gasteiger charge is -2.09. The van der Waals surface area contributed by atoms with Crippen molar-refractivity contribution >= 4 is 11.1 Å². The quantitative estimate of drug-likeness (QED) is 0.195. The summed E-state index contributed by atoms with van der Waals surface area (Å²) in [4.78, 5) is 37.3. The van der Waals surface area contributed by atoms with Crippen LogP contribution in [0.1, 0.15) is 0 Å². The predicted octanol–water partition coefficient (Wildman–Crippen LogP) is 7.59. The largest absolute Gasteiger partial charge is 0.436 e. The van der Waals surface area contributed by atoms with Crippen molar-refractivity contribution in [2.75, 3.05) is 0 Å². The number of hydrogen-bond donors (Lipinski definition) is 0. The van der Waals surface area contributed by atoms with E-state index in [1.54, 1.807) is 24.8 Å². The Kier molecular flexibility index (Phi) is 6.58. The van der Waals surface area contributed by atoms with Gasteiger partial charge in [0.1, 0.15) is 5.52 Å². The Labute approximate surface area is 257 Å². The van der Waals surface area contributed by atoms with Crippen LogP contribution in [0.15, 0.2) is 138 Å². The van der Waals surface area contributed by atoms with Gasteiger partial charge in [-0.25, -0.2) is 19.9 Å². The highest BCUT2D eigenvalue weighted by Gasteiger charge is 2.15. The van der Waals surface area contributed by atoms with Crippen molar-refractivity contribution in [3.8, 4) is 68.4 Å². The van der Waals surface area contributed by atoms with E-state index in [-0.39, 0.29) is 0 Å². The summed E-state index contributed by atoms with van der Waals surface area (Å²) in [6.45, 7) is 0. The number of benzene rings is 2. The second-order valence-corrected chi connectivity index (χ2v) is 10.2. The molecular formula is C36H22N8O. The fraction of sp³-hybridized carbons (Fsp3) is 0. The molecule has 0 saturated heterocycles. The first-order valence-electron chi connectivity index (χ1n) is 14.2. The molecule has 0 spiro atoms. The van der Waals surface area contributed by atoms with Gasteiger partial charge in [0.05, 0.1) is 22.8 Å². The molecule has 0 aliphatic rings. The first-order valence-corrected chi connectivity index (χ1v) is 14.2. The van der Waals surface area contributed by atoms with Crippen LogP contribution >= 0.6 is 0 Å². The third-order valence-corrected chi connectivity index (χ3v) is 7.22. The van der Waals surface area contributed by atoms with Gasteiger partial charge in [-0.1, -0.05) is 36.4 Å². The molecule has 6 aromatic heterocycles. The lowest BCUT2D eigenvalue weighted by Crippen LogP contribution is -2.01. The summed E-state index contributed by atoms with van der Waals surface area (Å²) in [6.07, 6.45) is 7.01. The molecule has 8 rings (SSSR count). The summed E-state index contributed by atoms with van der Waals surface area (Å²) in [5.41, 5.74) is 7.84. The molecule has 0 aliphatic carbocycles. The molecule has 45 heavy (non-hydrogen) atoms. The number of pyridine rings is 4. The Morgan fingerprint density at radius 2 is 0.867 bits per heavy atom. The fourth-order valence-electron chi connectivity index (χ4n) is 4.90. The smallest absolute Gasteiger partial charge is 0.227 e. The molecule has 0 amide bonds. The van der Waals surface area contributed by atoms with E-state index < -0.39 is 0 Å². The molecule has 0 radical (unpaired) electrons. The standard InChI is InChI=1S/C36H22N8O/c1-2-10-32-31(9-1)41-36(45-32)24-13-11-23(12-14-24)33-42-34(25-15-17-29(39-21-25)27-7-3-5-19-37-27)44-35(43-33)26-16-18-30(40-22-26)28-8-4-6-20-38-28/h1-22H. The Bertz CT molecular complexity index is 2100. The zero-order chi connectivity index (χ0) is 30.0. The lowest BCUT2D eigenvalue weighted by atomic mass is 10.1. The van der Waals surface area contributed by atoms with Gasteiger partial charge < -0.3 is 4.42 Å². The van der Waals surface area contributed by atoms with Crippen LogP contribution in [0.3, 0.4) is 0 Å². The summed E-state index contributed by atoms with van der Waals surface area (Å²) in [5.74, 6) is 2.05. The Balaban J connectivity index is 1.18. The SMILES string of the molecule is c1ccc(-c2ccc(-c3nc(-c4ccc(-c5nc6ccccc6o5)cc4)nc(-c4ccc(-c5ccccn5)nc4)n3)cn2)nc1. The molecule has 0 aliphatic heterocycles. The molecule has 0 saturated carbocycles. The van der Waals surface area contributed by atoms with E-state index in [0.717, 1.165) is 56.1 Å². The van der Waals surface area contributed by atoms with Gasteiger partial charge in [0, 0.05) is 47.0 Å². The van der Waals surface area contributed by atoms with Gasteiger partial charge in [-0.2, -0.15) is 0 Å². The Hall–Kier alpha value is -6.48. The second kappa shape index (κ2) is 11.3. The molecule has 9 nitrogen and oxygen atoms in total. The minimum Gasteiger partial charge on any atom is -0.436 e. The zero-order valence-corrected chi connectivity index (χ0v) is 23.7. The van der Waals surface area contributed by atoms with Gasteiger partial charge >= 0.3 is 0 Å². The van der Waals surface area contributed by atoms with E-state index in [1.165, 1.54) is 0 Å². The monoisotopic (exact) mass is 582 g/mol. The maximum Gasteiger partial charge on any atom is 0.227 e. The van der Waals surface area contributed by atoms with E-state index in [0.29, 0.717) is 23.4 Å². The molecule has 0 atom stereocenters. The maximum atomic E-state index is 5.96. The first kappa shape index (κ1) is 26.2. The van der Waals surface area contributed by atoms with Crippen LogP contribution in [-0.2, 0) is 0 Å². The lowest BCUT2D eigenvalue weighted by molar-refractivity contribution is 0.620. The van der Waals surface area contributed by atoms with Gasteiger partial charge in [-0.05, 0) is 72.8 Å². The van der Waals surface area contributed by atoms with Gasteiger partial charge in [0.25, 0.3) is 0 Å². The van der Waals surface area contributed by atoms with Gasteiger partial charge in [-0.15, -0.1) is 0 Å².